The van der Waals surface area contributed by atoms with Crippen LogP contribution in [0.2, 0.25) is 0 Å². The number of para-hydroxylation sites is 1. The number of nitrogens with two attached hydrogens (primary N) is 1. The highest BCUT2D eigenvalue weighted by Crippen LogP contribution is 2.10. The van der Waals surface area contributed by atoms with E-state index in [-0.39, 0.29) is 5.56 Å². The lowest BCUT2D eigenvalue weighted by Gasteiger charge is -2.07. The highest BCUT2D eigenvalue weighted by Gasteiger charge is 2.01. The van der Waals surface area contributed by atoms with Crippen molar-refractivity contribution in [3.63, 3.8) is 0 Å². The Morgan fingerprint density at radius 1 is 1.38 bits per heavy atom. The molecule has 1 heterocycles. The molecule has 0 saturated heterocycles. The molecule has 4 heteroatoms. The van der Waals surface area contributed by atoms with Gasteiger partial charge in [0.1, 0.15) is 0 Å². The number of hydrogen-bond acceptors (Lipinski definition) is 3. The van der Waals surface area contributed by atoms with Gasteiger partial charge in [0.25, 0.3) is 5.56 Å². The maximum absolute atomic E-state index is 11.6. The molecule has 0 unspecified atom stereocenters. The van der Waals surface area contributed by atoms with Crippen LogP contribution in [0.4, 0.5) is 5.69 Å². The van der Waals surface area contributed by atoms with Crippen molar-refractivity contribution < 1.29 is 0 Å². The molecule has 0 saturated carbocycles. The first-order chi connectivity index (χ1) is 7.66. The fourth-order valence-corrected chi connectivity index (χ4v) is 1.50. The second-order valence-corrected chi connectivity index (χ2v) is 3.70. The van der Waals surface area contributed by atoms with Crippen molar-refractivity contribution in [1.29, 1.82) is 0 Å². The van der Waals surface area contributed by atoms with E-state index >= 15 is 0 Å². The molecule has 2 N–H and O–H groups in total. The molecular weight excluding hydrogens is 202 g/mol. The Morgan fingerprint density at radius 3 is 2.81 bits per heavy atom. The zero-order valence-corrected chi connectivity index (χ0v) is 9.05. The molecule has 0 radical (unpaired) electrons. The lowest BCUT2D eigenvalue weighted by Crippen LogP contribution is -2.20. The molecule has 0 aliphatic carbocycles. The minimum Gasteiger partial charge on any atom is -0.398 e. The van der Waals surface area contributed by atoms with Crippen LogP contribution in [0.15, 0.2) is 41.5 Å². The second kappa shape index (κ2) is 4.18. The first-order valence-electron chi connectivity index (χ1n) is 5.03. The number of nitrogen functional groups attached to an aromatic ring is 1. The van der Waals surface area contributed by atoms with Crippen molar-refractivity contribution in [2.24, 2.45) is 0 Å². The molecule has 0 spiro atoms. The quantitative estimate of drug-likeness (QED) is 0.765. The fourth-order valence-electron chi connectivity index (χ4n) is 1.50. The SMILES string of the molecule is Cc1cc(=O)n(Cc2ccccc2N)cn1. The maximum Gasteiger partial charge on any atom is 0.253 e. The van der Waals surface area contributed by atoms with Crippen molar-refractivity contribution in [2.45, 2.75) is 13.5 Å². The molecule has 0 fully saturated rings. The molecule has 0 aliphatic heterocycles. The van der Waals surface area contributed by atoms with Crippen LogP contribution in [0.3, 0.4) is 0 Å². The van der Waals surface area contributed by atoms with Crippen molar-refractivity contribution in [1.82, 2.24) is 9.55 Å². The van der Waals surface area contributed by atoms with E-state index in [4.69, 9.17) is 5.73 Å². The first-order valence-corrected chi connectivity index (χ1v) is 5.03. The van der Waals surface area contributed by atoms with E-state index in [9.17, 15) is 4.79 Å². The summed E-state index contributed by atoms with van der Waals surface area (Å²) in [6, 6.07) is 9.01. The van der Waals surface area contributed by atoms with Crippen LogP contribution in [0.5, 0.6) is 0 Å². The molecule has 1 aromatic heterocycles. The van der Waals surface area contributed by atoms with Crippen LogP contribution < -0.4 is 11.3 Å². The van der Waals surface area contributed by atoms with Gasteiger partial charge in [0.05, 0.1) is 12.9 Å². The van der Waals surface area contributed by atoms with Crippen LogP contribution in [-0.4, -0.2) is 9.55 Å². The number of rotatable bonds is 2. The van der Waals surface area contributed by atoms with Gasteiger partial charge in [-0.05, 0) is 18.6 Å². The lowest BCUT2D eigenvalue weighted by atomic mass is 10.2. The topological polar surface area (TPSA) is 60.9 Å². The third kappa shape index (κ3) is 2.11. The predicted octanol–water partition coefficient (Wildman–Crippen LogP) is 1.18. The van der Waals surface area contributed by atoms with Gasteiger partial charge in [-0.1, -0.05) is 18.2 Å². The van der Waals surface area contributed by atoms with Crippen molar-refractivity contribution in [3.8, 4) is 0 Å². The number of anilines is 1. The summed E-state index contributed by atoms with van der Waals surface area (Å²) in [5.74, 6) is 0. The molecular formula is C12H13N3O. The van der Waals surface area contributed by atoms with Gasteiger partial charge in [0, 0.05) is 17.4 Å². The van der Waals surface area contributed by atoms with E-state index in [2.05, 4.69) is 4.98 Å². The van der Waals surface area contributed by atoms with Gasteiger partial charge >= 0.3 is 0 Å². The van der Waals surface area contributed by atoms with E-state index in [0.717, 1.165) is 11.3 Å². The number of hydrogen-bond donors (Lipinski definition) is 1. The molecule has 2 aromatic rings. The van der Waals surface area contributed by atoms with E-state index in [1.165, 1.54) is 6.07 Å². The smallest absolute Gasteiger partial charge is 0.253 e. The molecule has 82 valence electrons. The molecule has 1 aromatic carbocycles. The Balaban J connectivity index is 2.35. The third-order valence-corrected chi connectivity index (χ3v) is 2.41. The third-order valence-electron chi connectivity index (χ3n) is 2.41. The van der Waals surface area contributed by atoms with E-state index in [1.54, 1.807) is 17.8 Å². The van der Waals surface area contributed by atoms with Gasteiger partial charge in [-0.15, -0.1) is 0 Å². The highest BCUT2D eigenvalue weighted by atomic mass is 16.1. The summed E-state index contributed by atoms with van der Waals surface area (Å²) in [6.07, 6.45) is 1.55. The number of benzene rings is 1. The lowest BCUT2D eigenvalue weighted by molar-refractivity contribution is 0.731. The van der Waals surface area contributed by atoms with E-state index in [1.807, 2.05) is 24.3 Å². The van der Waals surface area contributed by atoms with Gasteiger partial charge in [-0.2, -0.15) is 0 Å². The summed E-state index contributed by atoms with van der Waals surface area (Å²) in [6.45, 7) is 2.25. The van der Waals surface area contributed by atoms with Crippen LogP contribution in [0.1, 0.15) is 11.3 Å². The number of nitrogens with zero attached hydrogens (tertiary/aromatic N) is 2. The number of aromatic nitrogens is 2. The zero-order valence-electron chi connectivity index (χ0n) is 9.05. The summed E-state index contributed by atoms with van der Waals surface area (Å²) in [7, 11) is 0. The maximum atomic E-state index is 11.6. The highest BCUT2D eigenvalue weighted by molar-refractivity contribution is 5.46. The summed E-state index contributed by atoms with van der Waals surface area (Å²) < 4.78 is 1.54. The van der Waals surface area contributed by atoms with E-state index < -0.39 is 0 Å². The van der Waals surface area contributed by atoms with Gasteiger partial charge in [-0.3, -0.25) is 9.36 Å². The van der Waals surface area contributed by atoms with Crippen LogP contribution in [-0.2, 0) is 6.54 Å². The Labute approximate surface area is 93.4 Å². The largest absolute Gasteiger partial charge is 0.398 e. The average molecular weight is 215 g/mol. The van der Waals surface area contributed by atoms with Crippen molar-refractivity contribution in [2.75, 3.05) is 5.73 Å². The Morgan fingerprint density at radius 2 is 2.12 bits per heavy atom. The minimum atomic E-state index is -0.0595. The zero-order chi connectivity index (χ0) is 11.5. The molecule has 2 rings (SSSR count). The van der Waals surface area contributed by atoms with Crippen molar-refractivity contribution >= 4 is 5.69 Å². The standard InChI is InChI=1S/C12H13N3O/c1-9-6-12(16)15(8-14-9)7-10-4-2-3-5-11(10)13/h2-6,8H,7,13H2,1H3. The summed E-state index contributed by atoms with van der Waals surface area (Å²) in [5.41, 5.74) is 8.09. The van der Waals surface area contributed by atoms with Gasteiger partial charge in [-0.25, -0.2) is 4.98 Å². The molecule has 0 amide bonds. The number of aryl methyl sites for hydroxylation is 1. The fraction of sp³-hybridized carbons (Fsp3) is 0.167. The van der Waals surface area contributed by atoms with Gasteiger partial charge in [0.15, 0.2) is 0 Å². The Bertz CT molecular complexity index is 560. The molecule has 0 atom stereocenters. The predicted molar refractivity (Wildman–Crippen MR) is 63.2 cm³/mol. The first kappa shape index (κ1) is 10.4. The summed E-state index contributed by atoms with van der Waals surface area (Å²) in [5, 5.41) is 0. The molecule has 16 heavy (non-hydrogen) atoms. The van der Waals surface area contributed by atoms with Gasteiger partial charge in [0.2, 0.25) is 0 Å². The van der Waals surface area contributed by atoms with Crippen LogP contribution in [0, 0.1) is 6.92 Å². The average Bonchev–Trinajstić information content (AvgIpc) is 2.25. The Kier molecular flexibility index (Phi) is 2.72. The molecule has 0 aliphatic rings. The van der Waals surface area contributed by atoms with E-state index in [0.29, 0.717) is 12.2 Å². The molecule has 4 nitrogen and oxygen atoms in total. The monoisotopic (exact) mass is 215 g/mol. The van der Waals surface area contributed by atoms with Crippen LogP contribution in [0.25, 0.3) is 0 Å². The van der Waals surface area contributed by atoms with Gasteiger partial charge < -0.3 is 5.73 Å². The summed E-state index contributed by atoms with van der Waals surface area (Å²) >= 11 is 0. The summed E-state index contributed by atoms with van der Waals surface area (Å²) in [4.78, 5) is 15.7. The normalized spacial score (nSPS) is 10.3. The minimum absolute atomic E-state index is 0.0595. The van der Waals surface area contributed by atoms with Crippen LogP contribution >= 0.6 is 0 Å². The second-order valence-electron chi connectivity index (χ2n) is 3.70. The van der Waals surface area contributed by atoms with Crippen molar-refractivity contribution in [3.05, 3.63) is 58.3 Å². The molecule has 0 bridgehead atoms. The Hall–Kier alpha value is -2.10.